The molecule has 0 saturated heterocycles. The minimum atomic E-state index is -0.174. The van der Waals surface area contributed by atoms with Crippen molar-refractivity contribution in [3.8, 4) is 0 Å². The molecule has 0 bridgehead atoms. The van der Waals surface area contributed by atoms with Crippen LogP contribution in [0.4, 0.5) is 0 Å². The minimum absolute atomic E-state index is 0.0717. The number of rotatable bonds is 9. The first-order valence-electron chi connectivity index (χ1n) is 7.19. The molecule has 2 atom stereocenters. The summed E-state index contributed by atoms with van der Waals surface area (Å²) in [4.78, 5) is 11.8. The third-order valence-electron chi connectivity index (χ3n) is 3.09. The quantitative estimate of drug-likeness (QED) is 0.675. The molecule has 0 fully saturated rings. The van der Waals surface area contributed by atoms with Gasteiger partial charge in [-0.05, 0) is 32.4 Å². The molecule has 0 radical (unpaired) electrons. The third kappa shape index (κ3) is 6.43. The van der Waals surface area contributed by atoms with Crippen LogP contribution in [0.3, 0.4) is 0 Å². The maximum absolute atomic E-state index is 11.8. The van der Waals surface area contributed by atoms with E-state index in [0.29, 0.717) is 0 Å². The Bertz CT molecular complexity index is 349. The first-order chi connectivity index (χ1) is 9.13. The summed E-state index contributed by atoms with van der Waals surface area (Å²) >= 11 is 0. The fourth-order valence-corrected chi connectivity index (χ4v) is 2.03. The van der Waals surface area contributed by atoms with Gasteiger partial charge in [0.05, 0.1) is 12.3 Å². The van der Waals surface area contributed by atoms with Crippen LogP contribution in [0.25, 0.3) is 0 Å². The van der Waals surface area contributed by atoms with E-state index < -0.39 is 0 Å². The average molecular weight is 266 g/mol. The Morgan fingerprint density at radius 2 is 2.16 bits per heavy atom. The van der Waals surface area contributed by atoms with E-state index >= 15 is 0 Å². The normalized spacial score (nSPS) is 14.1. The maximum atomic E-state index is 11.8. The largest absolute Gasteiger partial charge is 0.469 e. The SMILES string of the molecule is CCCCCNC(=O)C(C)NC(C)Cc1ccco1. The van der Waals surface area contributed by atoms with Crippen molar-refractivity contribution in [3.63, 3.8) is 0 Å². The number of nitrogens with one attached hydrogen (secondary N) is 2. The van der Waals surface area contributed by atoms with E-state index in [0.717, 1.165) is 31.6 Å². The second-order valence-electron chi connectivity index (χ2n) is 5.07. The number of amides is 1. The van der Waals surface area contributed by atoms with Crippen molar-refractivity contribution in [3.05, 3.63) is 24.2 Å². The van der Waals surface area contributed by atoms with E-state index in [1.165, 1.54) is 6.42 Å². The highest BCUT2D eigenvalue weighted by Crippen LogP contribution is 2.04. The molecule has 1 amide bonds. The summed E-state index contributed by atoms with van der Waals surface area (Å²) in [5.41, 5.74) is 0. The number of hydrogen-bond donors (Lipinski definition) is 2. The second-order valence-corrected chi connectivity index (χ2v) is 5.07. The van der Waals surface area contributed by atoms with Crippen molar-refractivity contribution in [1.29, 1.82) is 0 Å². The molecule has 1 rings (SSSR count). The Labute approximate surface area is 116 Å². The molecule has 4 heteroatoms. The van der Waals surface area contributed by atoms with Gasteiger partial charge in [-0.25, -0.2) is 0 Å². The Morgan fingerprint density at radius 3 is 2.79 bits per heavy atom. The summed E-state index contributed by atoms with van der Waals surface area (Å²) in [5, 5.41) is 6.24. The van der Waals surface area contributed by atoms with Crippen LogP contribution in [-0.2, 0) is 11.2 Å². The van der Waals surface area contributed by atoms with Crippen molar-refractivity contribution in [2.45, 2.75) is 58.5 Å². The van der Waals surface area contributed by atoms with E-state index in [4.69, 9.17) is 4.42 Å². The maximum Gasteiger partial charge on any atom is 0.236 e. The van der Waals surface area contributed by atoms with Crippen molar-refractivity contribution in [1.82, 2.24) is 10.6 Å². The molecule has 2 unspecified atom stereocenters. The van der Waals surface area contributed by atoms with Gasteiger partial charge in [0.1, 0.15) is 5.76 Å². The summed E-state index contributed by atoms with van der Waals surface area (Å²) in [7, 11) is 0. The molecule has 0 aliphatic carbocycles. The molecule has 1 heterocycles. The van der Waals surface area contributed by atoms with Gasteiger partial charge in [0, 0.05) is 19.0 Å². The van der Waals surface area contributed by atoms with E-state index in [-0.39, 0.29) is 18.0 Å². The monoisotopic (exact) mass is 266 g/mol. The number of unbranched alkanes of at least 4 members (excludes halogenated alkanes) is 2. The van der Waals surface area contributed by atoms with Gasteiger partial charge in [-0.15, -0.1) is 0 Å². The molecule has 0 aliphatic heterocycles. The fourth-order valence-electron chi connectivity index (χ4n) is 2.03. The van der Waals surface area contributed by atoms with Crippen LogP contribution in [0.15, 0.2) is 22.8 Å². The molecule has 2 N–H and O–H groups in total. The Balaban J connectivity index is 2.21. The van der Waals surface area contributed by atoms with Gasteiger partial charge in [-0.1, -0.05) is 19.8 Å². The van der Waals surface area contributed by atoms with E-state index in [9.17, 15) is 4.79 Å². The average Bonchev–Trinajstić information content (AvgIpc) is 2.86. The molecule has 19 heavy (non-hydrogen) atoms. The first-order valence-corrected chi connectivity index (χ1v) is 7.19. The molecule has 4 nitrogen and oxygen atoms in total. The molecule has 108 valence electrons. The number of carbonyl (C=O) groups is 1. The molecular formula is C15H26N2O2. The Hall–Kier alpha value is -1.29. The van der Waals surface area contributed by atoms with Gasteiger partial charge in [-0.2, -0.15) is 0 Å². The van der Waals surface area contributed by atoms with E-state index in [2.05, 4.69) is 24.5 Å². The summed E-state index contributed by atoms with van der Waals surface area (Å²) < 4.78 is 5.30. The van der Waals surface area contributed by atoms with E-state index in [1.54, 1.807) is 6.26 Å². The predicted octanol–water partition coefficient (Wildman–Crippen LogP) is 2.50. The topological polar surface area (TPSA) is 54.3 Å². The highest BCUT2D eigenvalue weighted by molar-refractivity contribution is 5.81. The van der Waals surface area contributed by atoms with Crippen molar-refractivity contribution >= 4 is 5.91 Å². The number of furan rings is 1. The Morgan fingerprint density at radius 1 is 1.37 bits per heavy atom. The number of carbonyl (C=O) groups excluding carboxylic acids is 1. The van der Waals surface area contributed by atoms with Crippen molar-refractivity contribution in [2.24, 2.45) is 0 Å². The standard InChI is InChI=1S/C15H26N2O2/c1-4-5-6-9-16-15(18)13(3)17-12(2)11-14-8-7-10-19-14/h7-8,10,12-13,17H,4-6,9,11H2,1-3H3,(H,16,18). The summed E-state index contributed by atoms with van der Waals surface area (Å²) in [6, 6.07) is 3.87. The third-order valence-corrected chi connectivity index (χ3v) is 3.09. The molecule has 1 aromatic rings. The zero-order valence-corrected chi connectivity index (χ0v) is 12.2. The Kier molecular flexibility index (Phi) is 7.26. The zero-order chi connectivity index (χ0) is 14.1. The lowest BCUT2D eigenvalue weighted by atomic mass is 10.1. The molecule has 0 aliphatic rings. The van der Waals surface area contributed by atoms with Gasteiger partial charge in [0.2, 0.25) is 5.91 Å². The molecular weight excluding hydrogens is 240 g/mol. The number of hydrogen-bond acceptors (Lipinski definition) is 3. The molecule has 1 aromatic heterocycles. The van der Waals surface area contributed by atoms with Crippen LogP contribution in [-0.4, -0.2) is 24.5 Å². The van der Waals surface area contributed by atoms with Crippen LogP contribution in [0.1, 0.15) is 45.8 Å². The second kappa shape index (κ2) is 8.75. The molecule has 0 saturated carbocycles. The minimum Gasteiger partial charge on any atom is -0.469 e. The van der Waals surface area contributed by atoms with Gasteiger partial charge in [0.15, 0.2) is 0 Å². The predicted molar refractivity (Wildman–Crippen MR) is 77.0 cm³/mol. The summed E-state index contributed by atoms with van der Waals surface area (Å²) in [6.45, 7) is 6.88. The first kappa shape index (κ1) is 15.8. The van der Waals surface area contributed by atoms with Crippen molar-refractivity contribution in [2.75, 3.05) is 6.54 Å². The van der Waals surface area contributed by atoms with Crippen LogP contribution < -0.4 is 10.6 Å². The highest BCUT2D eigenvalue weighted by Gasteiger charge is 2.15. The fraction of sp³-hybridized carbons (Fsp3) is 0.667. The van der Waals surface area contributed by atoms with Crippen LogP contribution >= 0.6 is 0 Å². The van der Waals surface area contributed by atoms with Gasteiger partial charge < -0.3 is 15.1 Å². The lowest BCUT2D eigenvalue weighted by Gasteiger charge is -2.19. The van der Waals surface area contributed by atoms with Crippen molar-refractivity contribution < 1.29 is 9.21 Å². The molecule has 0 aromatic carbocycles. The van der Waals surface area contributed by atoms with Crippen LogP contribution in [0.2, 0.25) is 0 Å². The van der Waals surface area contributed by atoms with Gasteiger partial charge >= 0.3 is 0 Å². The van der Waals surface area contributed by atoms with E-state index in [1.807, 2.05) is 19.1 Å². The van der Waals surface area contributed by atoms with Gasteiger partial charge in [-0.3, -0.25) is 4.79 Å². The van der Waals surface area contributed by atoms with Gasteiger partial charge in [0.25, 0.3) is 0 Å². The highest BCUT2D eigenvalue weighted by atomic mass is 16.3. The van der Waals surface area contributed by atoms with Crippen LogP contribution in [0, 0.1) is 0 Å². The summed E-state index contributed by atoms with van der Waals surface area (Å²) in [5.74, 6) is 1.01. The zero-order valence-electron chi connectivity index (χ0n) is 12.2. The summed E-state index contributed by atoms with van der Waals surface area (Å²) in [6.07, 6.45) is 5.85. The smallest absolute Gasteiger partial charge is 0.236 e. The lowest BCUT2D eigenvalue weighted by molar-refractivity contribution is -0.122. The lowest BCUT2D eigenvalue weighted by Crippen LogP contribution is -2.46. The molecule has 0 spiro atoms. The van der Waals surface area contributed by atoms with Crippen LogP contribution in [0.5, 0.6) is 0 Å².